The largest absolute Gasteiger partial charge is 0.439 e. The van der Waals surface area contributed by atoms with Crippen molar-refractivity contribution in [1.82, 2.24) is 4.98 Å². The van der Waals surface area contributed by atoms with Gasteiger partial charge in [-0.3, -0.25) is 0 Å². The molecule has 0 radical (unpaired) electrons. The van der Waals surface area contributed by atoms with Crippen LogP contribution in [0.2, 0.25) is 10.0 Å². The first-order valence-electron chi connectivity index (χ1n) is 6.29. The maximum Gasteiger partial charge on any atom is 0.220 e. The third-order valence-corrected chi connectivity index (χ3v) is 3.44. The van der Waals surface area contributed by atoms with Gasteiger partial charge in [0, 0.05) is 21.5 Å². The van der Waals surface area contributed by atoms with E-state index in [4.69, 9.17) is 27.9 Å². The summed E-state index contributed by atoms with van der Waals surface area (Å²) in [6.45, 7) is -0.0876. The van der Waals surface area contributed by atoms with Crippen LogP contribution in [0.25, 0.3) is 10.9 Å². The second kappa shape index (κ2) is 5.90. The molecule has 5 heteroatoms. The van der Waals surface area contributed by atoms with Crippen molar-refractivity contribution >= 4 is 34.1 Å². The zero-order chi connectivity index (χ0) is 14.8. The van der Waals surface area contributed by atoms with Gasteiger partial charge >= 0.3 is 0 Å². The van der Waals surface area contributed by atoms with Crippen molar-refractivity contribution < 1.29 is 9.84 Å². The summed E-state index contributed by atoms with van der Waals surface area (Å²) in [7, 11) is 0. The Balaban J connectivity index is 2.04. The summed E-state index contributed by atoms with van der Waals surface area (Å²) in [6, 6.07) is 14.2. The Morgan fingerprint density at radius 2 is 1.71 bits per heavy atom. The maximum absolute atomic E-state index is 9.49. The quantitative estimate of drug-likeness (QED) is 0.752. The van der Waals surface area contributed by atoms with E-state index in [9.17, 15) is 5.11 Å². The molecule has 0 amide bonds. The molecule has 0 bridgehead atoms. The van der Waals surface area contributed by atoms with Gasteiger partial charge in [0.15, 0.2) is 0 Å². The number of aromatic nitrogens is 1. The lowest BCUT2D eigenvalue weighted by Crippen LogP contribution is -1.94. The number of aliphatic hydroxyl groups is 1. The molecule has 0 unspecified atom stereocenters. The molecular formula is C16H11Cl2NO2. The molecule has 0 aliphatic carbocycles. The summed E-state index contributed by atoms with van der Waals surface area (Å²) >= 11 is 11.9. The van der Waals surface area contributed by atoms with Crippen LogP contribution in [-0.4, -0.2) is 10.1 Å². The van der Waals surface area contributed by atoms with Crippen LogP contribution in [0, 0.1) is 0 Å². The number of para-hydroxylation sites is 1. The standard InChI is InChI=1S/C16H11Cl2NO2/c17-11-6-12(18)8-13(7-11)21-16-5-10(9-20)14-3-1-2-4-15(14)19-16/h1-8,20H,9H2. The lowest BCUT2D eigenvalue weighted by molar-refractivity contribution is 0.282. The molecule has 0 atom stereocenters. The van der Waals surface area contributed by atoms with E-state index in [0.29, 0.717) is 21.7 Å². The molecule has 3 aromatic rings. The fraction of sp³-hybridized carbons (Fsp3) is 0.0625. The number of ether oxygens (including phenoxy) is 1. The average Bonchev–Trinajstić information content (AvgIpc) is 2.45. The predicted molar refractivity (Wildman–Crippen MR) is 84.2 cm³/mol. The molecule has 106 valence electrons. The molecule has 0 saturated carbocycles. The van der Waals surface area contributed by atoms with Crippen molar-refractivity contribution in [2.24, 2.45) is 0 Å². The molecule has 3 rings (SSSR count). The van der Waals surface area contributed by atoms with Gasteiger partial charge in [0.1, 0.15) is 5.75 Å². The van der Waals surface area contributed by atoms with Crippen molar-refractivity contribution in [3.63, 3.8) is 0 Å². The highest BCUT2D eigenvalue weighted by Crippen LogP contribution is 2.29. The summed E-state index contributed by atoms with van der Waals surface area (Å²) in [5.41, 5.74) is 1.51. The summed E-state index contributed by atoms with van der Waals surface area (Å²) < 4.78 is 5.70. The minimum atomic E-state index is -0.0876. The van der Waals surface area contributed by atoms with Crippen molar-refractivity contribution in [2.45, 2.75) is 6.61 Å². The minimum absolute atomic E-state index is 0.0876. The van der Waals surface area contributed by atoms with Gasteiger partial charge in [0.05, 0.1) is 12.1 Å². The smallest absolute Gasteiger partial charge is 0.220 e. The predicted octanol–water partition coefficient (Wildman–Crippen LogP) is 4.83. The Kier molecular flexibility index (Phi) is 3.97. The topological polar surface area (TPSA) is 42.4 Å². The van der Waals surface area contributed by atoms with E-state index < -0.39 is 0 Å². The molecule has 21 heavy (non-hydrogen) atoms. The van der Waals surface area contributed by atoms with Gasteiger partial charge in [0.25, 0.3) is 0 Å². The number of rotatable bonds is 3. The van der Waals surface area contributed by atoms with Crippen molar-refractivity contribution in [1.29, 1.82) is 0 Å². The number of pyridine rings is 1. The van der Waals surface area contributed by atoms with E-state index in [2.05, 4.69) is 4.98 Å². The van der Waals surface area contributed by atoms with Gasteiger partial charge in [0.2, 0.25) is 5.88 Å². The highest BCUT2D eigenvalue weighted by Gasteiger charge is 2.07. The van der Waals surface area contributed by atoms with Gasteiger partial charge in [-0.25, -0.2) is 4.98 Å². The Morgan fingerprint density at radius 3 is 2.43 bits per heavy atom. The van der Waals surface area contributed by atoms with Gasteiger partial charge in [-0.15, -0.1) is 0 Å². The molecule has 1 aromatic heterocycles. The number of aliphatic hydroxyl groups excluding tert-OH is 1. The molecule has 1 N–H and O–H groups in total. The highest BCUT2D eigenvalue weighted by atomic mass is 35.5. The first kappa shape index (κ1) is 14.1. The van der Waals surface area contributed by atoms with E-state index in [1.165, 1.54) is 0 Å². The first-order valence-corrected chi connectivity index (χ1v) is 7.05. The number of halogens is 2. The van der Waals surface area contributed by atoms with Crippen molar-refractivity contribution in [3.8, 4) is 11.6 Å². The third kappa shape index (κ3) is 3.10. The second-order valence-corrected chi connectivity index (χ2v) is 5.37. The van der Waals surface area contributed by atoms with Crippen LogP contribution in [0.3, 0.4) is 0 Å². The van der Waals surface area contributed by atoms with Crippen molar-refractivity contribution in [3.05, 3.63) is 64.1 Å². The summed E-state index contributed by atoms with van der Waals surface area (Å²) in [6.07, 6.45) is 0. The van der Waals surface area contributed by atoms with Crippen LogP contribution in [0.4, 0.5) is 0 Å². The zero-order valence-electron chi connectivity index (χ0n) is 10.9. The van der Waals surface area contributed by atoms with E-state index >= 15 is 0 Å². The first-order chi connectivity index (χ1) is 10.2. The van der Waals surface area contributed by atoms with E-state index in [1.54, 1.807) is 24.3 Å². The maximum atomic E-state index is 9.49. The monoisotopic (exact) mass is 319 g/mol. The molecule has 0 saturated heterocycles. The van der Waals surface area contributed by atoms with Crippen LogP contribution in [0.5, 0.6) is 11.6 Å². The lowest BCUT2D eigenvalue weighted by atomic mass is 10.1. The molecule has 0 aliphatic rings. The van der Waals surface area contributed by atoms with Gasteiger partial charge in [-0.1, -0.05) is 41.4 Å². The number of hydrogen-bond donors (Lipinski definition) is 1. The van der Waals surface area contributed by atoms with Crippen LogP contribution in [0.15, 0.2) is 48.5 Å². The average molecular weight is 320 g/mol. The SMILES string of the molecule is OCc1cc(Oc2cc(Cl)cc(Cl)c2)nc2ccccc12. The fourth-order valence-electron chi connectivity index (χ4n) is 2.11. The highest BCUT2D eigenvalue weighted by molar-refractivity contribution is 6.34. The van der Waals surface area contributed by atoms with Crippen molar-refractivity contribution in [2.75, 3.05) is 0 Å². The van der Waals surface area contributed by atoms with Crippen LogP contribution >= 0.6 is 23.2 Å². The third-order valence-electron chi connectivity index (χ3n) is 3.01. The Hall–Kier alpha value is -1.81. The van der Waals surface area contributed by atoms with Crippen LogP contribution in [0.1, 0.15) is 5.56 Å². The Labute approximate surface area is 131 Å². The molecule has 2 aromatic carbocycles. The Morgan fingerprint density at radius 1 is 1.00 bits per heavy atom. The van der Waals surface area contributed by atoms with Gasteiger partial charge < -0.3 is 9.84 Å². The van der Waals surface area contributed by atoms with E-state index in [-0.39, 0.29) is 6.61 Å². The summed E-state index contributed by atoms with van der Waals surface area (Å²) in [5.74, 6) is 0.884. The van der Waals surface area contributed by atoms with E-state index in [0.717, 1.165) is 16.5 Å². The number of hydrogen-bond acceptors (Lipinski definition) is 3. The minimum Gasteiger partial charge on any atom is -0.439 e. The van der Waals surface area contributed by atoms with E-state index in [1.807, 2.05) is 24.3 Å². The Bertz CT molecular complexity index is 785. The summed E-state index contributed by atoms with van der Waals surface area (Å²) in [5, 5.41) is 11.4. The molecule has 0 spiro atoms. The summed E-state index contributed by atoms with van der Waals surface area (Å²) in [4.78, 5) is 4.42. The zero-order valence-corrected chi connectivity index (χ0v) is 12.4. The number of fused-ring (bicyclic) bond motifs is 1. The van der Waals surface area contributed by atoms with Gasteiger partial charge in [-0.05, 0) is 29.8 Å². The normalized spacial score (nSPS) is 10.8. The second-order valence-electron chi connectivity index (χ2n) is 4.50. The van der Waals surface area contributed by atoms with Gasteiger partial charge in [-0.2, -0.15) is 0 Å². The number of benzene rings is 2. The van der Waals surface area contributed by atoms with Crippen LogP contribution < -0.4 is 4.74 Å². The molecular weight excluding hydrogens is 309 g/mol. The molecule has 0 aliphatic heterocycles. The van der Waals surface area contributed by atoms with Crippen LogP contribution in [-0.2, 0) is 6.61 Å². The number of nitrogens with zero attached hydrogens (tertiary/aromatic N) is 1. The molecule has 0 fully saturated rings. The molecule has 3 nitrogen and oxygen atoms in total. The molecule has 1 heterocycles. The fourth-order valence-corrected chi connectivity index (χ4v) is 2.62. The lowest BCUT2D eigenvalue weighted by Gasteiger charge is -2.09.